The maximum atomic E-state index is 4.94. The second-order valence-corrected chi connectivity index (χ2v) is 8.32. The number of nitrogens with zero attached hydrogens (tertiary/aromatic N) is 1. The van der Waals surface area contributed by atoms with Gasteiger partial charge in [0.05, 0.1) is 0 Å². The predicted molar refractivity (Wildman–Crippen MR) is 112 cm³/mol. The van der Waals surface area contributed by atoms with Crippen LogP contribution in [0.5, 0.6) is 0 Å². The SMILES string of the molecule is CCCCSc1ccc(C(c2ccccc2)C(S)CN(C)C)cc1. The first-order valence-electron chi connectivity index (χ1n) is 8.72. The first-order valence-corrected chi connectivity index (χ1v) is 10.2. The van der Waals surface area contributed by atoms with Crippen LogP contribution in [-0.4, -0.2) is 36.5 Å². The summed E-state index contributed by atoms with van der Waals surface area (Å²) in [5.74, 6) is 1.51. The summed E-state index contributed by atoms with van der Waals surface area (Å²) >= 11 is 6.89. The molecule has 0 N–H and O–H groups in total. The van der Waals surface area contributed by atoms with E-state index in [-0.39, 0.29) is 5.25 Å². The van der Waals surface area contributed by atoms with Gasteiger partial charge in [0.25, 0.3) is 0 Å². The first kappa shape index (κ1) is 19.4. The summed E-state index contributed by atoms with van der Waals surface area (Å²) in [7, 11) is 4.22. The van der Waals surface area contributed by atoms with Crippen molar-refractivity contribution < 1.29 is 0 Å². The lowest BCUT2D eigenvalue weighted by atomic mass is 9.88. The standard InChI is InChI=1S/C21H29NS2/c1-4-5-15-24-19-13-11-18(12-14-19)21(20(23)16-22(2)3)17-9-7-6-8-10-17/h6-14,20-21,23H,4-5,15-16H2,1-3H3. The molecule has 0 heterocycles. The molecular weight excluding hydrogens is 330 g/mol. The van der Waals surface area contributed by atoms with Gasteiger partial charge in [0.2, 0.25) is 0 Å². The van der Waals surface area contributed by atoms with Gasteiger partial charge in [-0.1, -0.05) is 55.8 Å². The molecular formula is C21H29NS2. The average molecular weight is 360 g/mol. The fourth-order valence-corrected chi connectivity index (χ4v) is 4.55. The molecule has 130 valence electrons. The highest BCUT2D eigenvalue weighted by molar-refractivity contribution is 7.99. The lowest BCUT2D eigenvalue weighted by molar-refractivity contribution is 0.398. The number of unbranched alkanes of at least 4 members (excludes halogenated alkanes) is 1. The van der Waals surface area contributed by atoms with E-state index >= 15 is 0 Å². The molecule has 0 spiro atoms. The van der Waals surface area contributed by atoms with Crippen molar-refractivity contribution in [1.29, 1.82) is 0 Å². The Morgan fingerprint density at radius 2 is 1.58 bits per heavy atom. The van der Waals surface area contributed by atoms with Crippen LogP contribution in [0.4, 0.5) is 0 Å². The molecule has 0 fully saturated rings. The molecule has 0 saturated carbocycles. The Kier molecular flexibility index (Phi) is 8.23. The summed E-state index contributed by atoms with van der Waals surface area (Å²) in [6.45, 7) is 3.20. The third-order valence-corrected chi connectivity index (χ3v) is 5.66. The zero-order valence-corrected chi connectivity index (χ0v) is 16.7. The van der Waals surface area contributed by atoms with Gasteiger partial charge in [0.1, 0.15) is 0 Å². The summed E-state index contributed by atoms with van der Waals surface area (Å²) in [5.41, 5.74) is 2.69. The minimum Gasteiger partial charge on any atom is -0.308 e. The third-order valence-electron chi connectivity index (χ3n) is 4.10. The van der Waals surface area contributed by atoms with E-state index in [1.54, 1.807) is 0 Å². The Bertz CT molecular complexity index is 581. The molecule has 0 aliphatic heterocycles. The van der Waals surface area contributed by atoms with Crippen LogP contribution in [0, 0.1) is 0 Å². The van der Waals surface area contributed by atoms with Crippen molar-refractivity contribution in [2.24, 2.45) is 0 Å². The topological polar surface area (TPSA) is 3.24 Å². The summed E-state index contributed by atoms with van der Waals surface area (Å²) in [5, 5.41) is 0.265. The third kappa shape index (κ3) is 5.87. The molecule has 0 radical (unpaired) electrons. The zero-order chi connectivity index (χ0) is 17.4. The van der Waals surface area contributed by atoms with E-state index in [1.807, 2.05) is 11.8 Å². The monoisotopic (exact) mass is 359 g/mol. The van der Waals surface area contributed by atoms with Crippen LogP contribution in [0.15, 0.2) is 59.5 Å². The van der Waals surface area contributed by atoms with E-state index in [0.29, 0.717) is 5.92 Å². The summed E-state index contributed by atoms with van der Waals surface area (Å²) in [6.07, 6.45) is 2.54. The normalized spacial score (nSPS) is 13.9. The quantitative estimate of drug-likeness (QED) is 0.354. The Hall–Kier alpha value is -0.900. The maximum absolute atomic E-state index is 4.94. The highest BCUT2D eigenvalue weighted by atomic mass is 32.2. The molecule has 2 aromatic rings. The maximum Gasteiger partial charge on any atom is 0.0253 e. The number of thiol groups is 1. The molecule has 0 aromatic heterocycles. The molecule has 0 amide bonds. The molecule has 0 bridgehead atoms. The van der Waals surface area contributed by atoms with Gasteiger partial charge in [-0.2, -0.15) is 12.6 Å². The fraction of sp³-hybridized carbons (Fsp3) is 0.429. The van der Waals surface area contributed by atoms with E-state index < -0.39 is 0 Å². The van der Waals surface area contributed by atoms with Crippen molar-refractivity contribution in [3.63, 3.8) is 0 Å². The molecule has 3 heteroatoms. The Balaban J connectivity index is 2.20. The zero-order valence-electron chi connectivity index (χ0n) is 15.0. The Morgan fingerprint density at radius 1 is 0.958 bits per heavy atom. The number of hydrogen-bond acceptors (Lipinski definition) is 3. The van der Waals surface area contributed by atoms with Crippen LogP contribution < -0.4 is 0 Å². The average Bonchev–Trinajstić information content (AvgIpc) is 2.57. The Labute approximate surface area is 157 Å². The van der Waals surface area contributed by atoms with Crippen molar-refractivity contribution in [3.05, 3.63) is 65.7 Å². The van der Waals surface area contributed by atoms with Crippen molar-refractivity contribution >= 4 is 24.4 Å². The minimum atomic E-state index is 0.265. The highest BCUT2D eigenvalue weighted by Gasteiger charge is 2.22. The van der Waals surface area contributed by atoms with Gasteiger partial charge in [0.15, 0.2) is 0 Å². The van der Waals surface area contributed by atoms with E-state index in [0.717, 1.165) is 6.54 Å². The van der Waals surface area contributed by atoms with Gasteiger partial charge in [-0.25, -0.2) is 0 Å². The number of thioether (sulfide) groups is 1. The van der Waals surface area contributed by atoms with Crippen LogP contribution in [-0.2, 0) is 0 Å². The molecule has 2 unspecified atom stereocenters. The number of rotatable bonds is 9. The van der Waals surface area contributed by atoms with Crippen molar-refractivity contribution in [2.75, 3.05) is 26.4 Å². The van der Waals surface area contributed by atoms with E-state index in [4.69, 9.17) is 12.6 Å². The minimum absolute atomic E-state index is 0.265. The van der Waals surface area contributed by atoms with E-state index in [1.165, 1.54) is 34.6 Å². The lowest BCUT2D eigenvalue weighted by Crippen LogP contribution is -2.28. The fourth-order valence-electron chi connectivity index (χ4n) is 2.88. The second-order valence-electron chi connectivity index (χ2n) is 6.49. The smallest absolute Gasteiger partial charge is 0.0253 e. The molecule has 1 nitrogen and oxygen atoms in total. The molecule has 2 atom stereocenters. The van der Waals surface area contributed by atoms with Crippen LogP contribution in [0.3, 0.4) is 0 Å². The van der Waals surface area contributed by atoms with Crippen LogP contribution in [0.2, 0.25) is 0 Å². The number of benzene rings is 2. The van der Waals surface area contributed by atoms with Crippen LogP contribution >= 0.6 is 24.4 Å². The molecule has 2 rings (SSSR count). The van der Waals surface area contributed by atoms with Crippen LogP contribution in [0.25, 0.3) is 0 Å². The molecule has 0 aliphatic carbocycles. The predicted octanol–water partition coefficient (Wildman–Crippen LogP) is 5.57. The molecule has 0 aliphatic rings. The lowest BCUT2D eigenvalue weighted by Gasteiger charge is -2.27. The van der Waals surface area contributed by atoms with Gasteiger partial charge in [-0.3, -0.25) is 0 Å². The van der Waals surface area contributed by atoms with Crippen molar-refractivity contribution in [2.45, 2.75) is 35.8 Å². The van der Waals surface area contributed by atoms with E-state index in [9.17, 15) is 0 Å². The van der Waals surface area contributed by atoms with Crippen LogP contribution in [0.1, 0.15) is 36.8 Å². The highest BCUT2D eigenvalue weighted by Crippen LogP contribution is 2.32. The summed E-state index contributed by atoms with van der Waals surface area (Å²) in [4.78, 5) is 3.57. The van der Waals surface area contributed by atoms with Gasteiger partial charge in [0, 0.05) is 22.6 Å². The van der Waals surface area contributed by atoms with Gasteiger partial charge in [-0.15, -0.1) is 11.8 Å². The van der Waals surface area contributed by atoms with E-state index in [2.05, 4.69) is 80.5 Å². The largest absolute Gasteiger partial charge is 0.308 e. The second kappa shape index (κ2) is 10.2. The van der Waals surface area contributed by atoms with Crippen molar-refractivity contribution in [1.82, 2.24) is 4.90 Å². The molecule has 0 saturated heterocycles. The first-order chi connectivity index (χ1) is 11.6. The van der Waals surface area contributed by atoms with Gasteiger partial charge in [-0.05, 0) is 49.5 Å². The van der Waals surface area contributed by atoms with Crippen molar-refractivity contribution in [3.8, 4) is 0 Å². The Morgan fingerprint density at radius 3 is 2.17 bits per heavy atom. The summed E-state index contributed by atoms with van der Waals surface area (Å²) in [6, 6.07) is 19.8. The summed E-state index contributed by atoms with van der Waals surface area (Å²) < 4.78 is 0. The van der Waals surface area contributed by atoms with Gasteiger partial charge >= 0.3 is 0 Å². The van der Waals surface area contributed by atoms with Gasteiger partial charge < -0.3 is 4.90 Å². The number of hydrogen-bond donors (Lipinski definition) is 1. The molecule has 24 heavy (non-hydrogen) atoms. The molecule has 2 aromatic carbocycles.